The molecule has 0 saturated carbocycles. The van der Waals surface area contributed by atoms with Crippen molar-refractivity contribution in [1.29, 1.82) is 0 Å². The van der Waals surface area contributed by atoms with Crippen LogP contribution in [0, 0.1) is 0 Å². The molecule has 0 aromatic carbocycles. The third kappa shape index (κ3) is 7.81. The Labute approximate surface area is 114 Å². The van der Waals surface area contributed by atoms with E-state index in [9.17, 15) is 9.59 Å². The van der Waals surface area contributed by atoms with Gasteiger partial charge in [0.25, 0.3) is 0 Å². The average molecular weight is 266 g/mol. The lowest BCUT2D eigenvalue weighted by Crippen LogP contribution is -2.46. The lowest BCUT2D eigenvalue weighted by atomic mass is 10.2. The van der Waals surface area contributed by atoms with E-state index >= 15 is 0 Å². The van der Waals surface area contributed by atoms with Crippen LogP contribution in [-0.4, -0.2) is 23.6 Å². The number of allylic oxidation sites excluding steroid dienone is 3. The van der Waals surface area contributed by atoms with E-state index in [1.165, 1.54) is 12.2 Å². The molecule has 2 amide bonds. The van der Waals surface area contributed by atoms with E-state index in [1.807, 2.05) is 0 Å². The molecule has 0 aromatic heterocycles. The number of amides is 2. The minimum atomic E-state index is -0.719. The van der Waals surface area contributed by atoms with E-state index in [0.29, 0.717) is 5.70 Å². The molecule has 0 aliphatic carbocycles. The van der Waals surface area contributed by atoms with Gasteiger partial charge < -0.3 is 15.4 Å². The predicted molar refractivity (Wildman–Crippen MR) is 75.5 cm³/mol. The second kappa shape index (κ2) is 7.41. The summed E-state index contributed by atoms with van der Waals surface area (Å²) in [5.41, 5.74) is -0.0900. The molecule has 0 aliphatic heterocycles. The summed E-state index contributed by atoms with van der Waals surface area (Å²) in [5, 5.41) is 5.05. The first-order chi connectivity index (χ1) is 8.69. The van der Waals surface area contributed by atoms with Gasteiger partial charge in [0.05, 0.1) is 0 Å². The molecule has 0 radical (unpaired) electrons. The first-order valence-corrected chi connectivity index (χ1v) is 5.95. The van der Waals surface area contributed by atoms with Gasteiger partial charge in [0.2, 0.25) is 5.91 Å². The maximum absolute atomic E-state index is 11.8. The average Bonchev–Trinajstić information content (AvgIpc) is 2.25. The summed E-state index contributed by atoms with van der Waals surface area (Å²) in [6.45, 7) is 13.9. The third-order valence-corrected chi connectivity index (χ3v) is 1.91. The SMILES string of the molecule is C=C/C=C(\C=C)NC(=O)C(C)NC(=O)OC(C)(C)C. The molecule has 1 atom stereocenters. The van der Waals surface area contributed by atoms with Crippen molar-refractivity contribution in [2.45, 2.75) is 39.3 Å². The summed E-state index contributed by atoms with van der Waals surface area (Å²) in [6.07, 6.45) is 3.98. The lowest BCUT2D eigenvalue weighted by Gasteiger charge is -2.21. The van der Waals surface area contributed by atoms with Gasteiger partial charge in [-0.2, -0.15) is 0 Å². The number of alkyl carbamates (subject to hydrolysis) is 1. The fourth-order valence-electron chi connectivity index (χ4n) is 1.09. The van der Waals surface area contributed by atoms with E-state index in [2.05, 4.69) is 23.8 Å². The highest BCUT2D eigenvalue weighted by Gasteiger charge is 2.20. The number of nitrogens with one attached hydrogen (secondary N) is 2. The molecule has 19 heavy (non-hydrogen) atoms. The van der Waals surface area contributed by atoms with Crippen LogP contribution in [0.4, 0.5) is 4.79 Å². The van der Waals surface area contributed by atoms with Gasteiger partial charge in [0, 0.05) is 5.70 Å². The zero-order valence-corrected chi connectivity index (χ0v) is 11.9. The van der Waals surface area contributed by atoms with Crippen LogP contribution < -0.4 is 10.6 Å². The Morgan fingerprint density at radius 1 is 1.26 bits per heavy atom. The van der Waals surface area contributed by atoms with E-state index in [0.717, 1.165) is 0 Å². The summed E-state index contributed by atoms with van der Waals surface area (Å²) in [7, 11) is 0. The van der Waals surface area contributed by atoms with E-state index in [1.54, 1.807) is 33.8 Å². The Morgan fingerprint density at radius 3 is 2.26 bits per heavy atom. The number of carbonyl (C=O) groups is 2. The van der Waals surface area contributed by atoms with Gasteiger partial charge >= 0.3 is 6.09 Å². The van der Waals surface area contributed by atoms with Crippen LogP contribution in [0.3, 0.4) is 0 Å². The molecule has 0 bridgehead atoms. The van der Waals surface area contributed by atoms with Crippen molar-refractivity contribution in [3.8, 4) is 0 Å². The molecule has 0 rings (SSSR count). The Kier molecular flexibility index (Phi) is 6.61. The van der Waals surface area contributed by atoms with Gasteiger partial charge in [-0.25, -0.2) is 4.79 Å². The molecule has 1 unspecified atom stereocenters. The molecule has 0 aliphatic rings. The predicted octanol–water partition coefficient (Wildman–Crippen LogP) is 2.27. The summed E-state index contributed by atoms with van der Waals surface area (Å²) >= 11 is 0. The van der Waals surface area contributed by atoms with E-state index < -0.39 is 17.7 Å². The Hall–Kier alpha value is -2.04. The normalized spacial score (nSPS) is 13.2. The van der Waals surface area contributed by atoms with Crippen LogP contribution in [0.1, 0.15) is 27.7 Å². The summed E-state index contributed by atoms with van der Waals surface area (Å²) in [5.74, 6) is -0.362. The molecule has 0 fully saturated rings. The van der Waals surface area contributed by atoms with Crippen LogP contribution >= 0.6 is 0 Å². The lowest BCUT2D eigenvalue weighted by molar-refractivity contribution is -0.122. The second-order valence-electron chi connectivity index (χ2n) is 4.92. The molecule has 0 spiro atoms. The third-order valence-electron chi connectivity index (χ3n) is 1.91. The van der Waals surface area contributed by atoms with E-state index in [4.69, 9.17) is 4.74 Å². The zero-order chi connectivity index (χ0) is 15.1. The van der Waals surface area contributed by atoms with Gasteiger partial charge in [-0.15, -0.1) is 0 Å². The smallest absolute Gasteiger partial charge is 0.408 e. The van der Waals surface area contributed by atoms with Crippen LogP contribution in [0.25, 0.3) is 0 Å². The van der Waals surface area contributed by atoms with Crippen LogP contribution in [0.5, 0.6) is 0 Å². The summed E-state index contributed by atoms with van der Waals surface area (Å²) < 4.78 is 5.06. The van der Waals surface area contributed by atoms with Crippen molar-refractivity contribution in [3.05, 3.63) is 37.1 Å². The minimum absolute atomic E-state index is 0.362. The van der Waals surface area contributed by atoms with Gasteiger partial charge in [-0.1, -0.05) is 19.2 Å². The number of carbonyl (C=O) groups excluding carboxylic acids is 2. The van der Waals surface area contributed by atoms with Gasteiger partial charge in [0.1, 0.15) is 11.6 Å². The highest BCUT2D eigenvalue weighted by molar-refractivity contribution is 5.86. The van der Waals surface area contributed by atoms with Crippen molar-refractivity contribution in [2.24, 2.45) is 0 Å². The topological polar surface area (TPSA) is 67.4 Å². The van der Waals surface area contributed by atoms with Crippen LogP contribution in [-0.2, 0) is 9.53 Å². The monoisotopic (exact) mass is 266 g/mol. The fourth-order valence-corrected chi connectivity index (χ4v) is 1.09. The highest BCUT2D eigenvalue weighted by Crippen LogP contribution is 2.06. The fraction of sp³-hybridized carbons (Fsp3) is 0.429. The molecular weight excluding hydrogens is 244 g/mol. The molecule has 0 heterocycles. The molecule has 5 heteroatoms. The maximum atomic E-state index is 11.8. The Balaban J connectivity index is 4.42. The molecule has 0 saturated heterocycles. The van der Waals surface area contributed by atoms with Gasteiger partial charge in [-0.3, -0.25) is 4.79 Å². The first-order valence-electron chi connectivity index (χ1n) is 5.95. The summed E-state index contributed by atoms with van der Waals surface area (Å²) in [4.78, 5) is 23.3. The number of ether oxygens (including phenoxy) is 1. The van der Waals surface area contributed by atoms with Crippen molar-refractivity contribution in [1.82, 2.24) is 10.6 Å². The molecule has 0 aromatic rings. The Morgan fingerprint density at radius 2 is 1.84 bits per heavy atom. The van der Waals surface area contributed by atoms with Crippen LogP contribution in [0.15, 0.2) is 37.1 Å². The largest absolute Gasteiger partial charge is 0.444 e. The first kappa shape index (κ1) is 17.0. The van der Waals surface area contributed by atoms with Crippen molar-refractivity contribution in [2.75, 3.05) is 0 Å². The minimum Gasteiger partial charge on any atom is -0.444 e. The quantitative estimate of drug-likeness (QED) is 0.750. The molecular formula is C14H22N2O3. The van der Waals surface area contributed by atoms with Crippen molar-refractivity contribution < 1.29 is 14.3 Å². The van der Waals surface area contributed by atoms with Crippen molar-refractivity contribution >= 4 is 12.0 Å². The molecule has 5 nitrogen and oxygen atoms in total. The van der Waals surface area contributed by atoms with Gasteiger partial charge in [0.15, 0.2) is 0 Å². The van der Waals surface area contributed by atoms with E-state index in [-0.39, 0.29) is 5.91 Å². The van der Waals surface area contributed by atoms with Gasteiger partial charge in [-0.05, 0) is 39.8 Å². The molecule has 2 N–H and O–H groups in total. The second-order valence-corrected chi connectivity index (χ2v) is 4.92. The Bertz CT molecular complexity index is 392. The zero-order valence-electron chi connectivity index (χ0n) is 11.9. The standard InChI is InChI=1S/C14H22N2O3/c1-7-9-11(8-2)16-12(17)10(3)15-13(18)19-14(4,5)6/h7-10H,1-2H2,3-6H3,(H,15,18)(H,16,17)/b11-9+. The number of hydrogen-bond donors (Lipinski definition) is 2. The molecule has 106 valence electrons. The maximum Gasteiger partial charge on any atom is 0.408 e. The highest BCUT2D eigenvalue weighted by atomic mass is 16.6. The number of rotatable bonds is 5. The van der Waals surface area contributed by atoms with Crippen molar-refractivity contribution in [3.63, 3.8) is 0 Å². The van der Waals surface area contributed by atoms with Crippen LogP contribution in [0.2, 0.25) is 0 Å². The summed E-state index contributed by atoms with van der Waals surface area (Å²) in [6, 6.07) is -0.719. The number of hydrogen-bond acceptors (Lipinski definition) is 3.